The van der Waals surface area contributed by atoms with Gasteiger partial charge >= 0.3 is 5.97 Å². The predicted octanol–water partition coefficient (Wildman–Crippen LogP) is 2.31. The van der Waals surface area contributed by atoms with Crippen molar-refractivity contribution in [3.63, 3.8) is 0 Å². The Hall–Kier alpha value is -2.41. The van der Waals surface area contributed by atoms with Crippen LogP contribution in [0, 0.1) is 18.8 Å². The minimum atomic E-state index is -0.791. The first-order valence-electron chi connectivity index (χ1n) is 8.93. The number of nitrogens with one attached hydrogen (secondary N) is 1. The molecule has 1 saturated heterocycles. The summed E-state index contributed by atoms with van der Waals surface area (Å²) in [5, 5.41) is 2.93. The van der Waals surface area contributed by atoms with Gasteiger partial charge in [-0.2, -0.15) is 0 Å². The van der Waals surface area contributed by atoms with Gasteiger partial charge in [0.1, 0.15) is 6.54 Å². The summed E-state index contributed by atoms with van der Waals surface area (Å²) in [7, 11) is 0. The van der Waals surface area contributed by atoms with E-state index in [-0.39, 0.29) is 23.7 Å². The Morgan fingerprint density at radius 2 is 1.81 bits per heavy atom. The van der Waals surface area contributed by atoms with E-state index in [4.69, 9.17) is 16.3 Å². The van der Waals surface area contributed by atoms with Crippen molar-refractivity contribution < 1.29 is 23.9 Å². The first-order chi connectivity index (χ1) is 12.9. The van der Waals surface area contributed by atoms with Crippen molar-refractivity contribution in [3.8, 4) is 0 Å². The zero-order chi connectivity index (χ0) is 19.6. The molecule has 0 unspecified atom stereocenters. The number of esters is 1. The predicted molar refractivity (Wildman–Crippen MR) is 97.9 cm³/mol. The summed E-state index contributed by atoms with van der Waals surface area (Å²) in [4.78, 5) is 49.6. The molecule has 7 nitrogen and oxygen atoms in total. The van der Waals surface area contributed by atoms with Crippen LogP contribution in [0.5, 0.6) is 0 Å². The summed E-state index contributed by atoms with van der Waals surface area (Å²) in [6.07, 6.45) is 3.20. The van der Waals surface area contributed by atoms with Crippen molar-refractivity contribution in [3.05, 3.63) is 28.8 Å². The average molecular weight is 393 g/mol. The maximum atomic E-state index is 12.3. The summed E-state index contributed by atoms with van der Waals surface area (Å²) < 4.78 is 4.91. The van der Waals surface area contributed by atoms with Gasteiger partial charge in [-0.05, 0) is 37.5 Å². The fourth-order valence-corrected chi connectivity index (χ4v) is 3.90. The molecule has 144 valence electrons. The van der Waals surface area contributed by atoms with Crippen molar-refractivity contribution in [2.24, 2.45) is 11.8 Å². The van der Waals surface area contributed by atoms with Crippen LogP contribution in [0.4, 0.5) is 5.69 Å². The maximum absolute atomic E-state index is 12.3. The molecule has 3 rings (SSSR count). The number of ether oxygens (including phenoxy) is 1. The standard InChI is InChI=1S/C19H21ClN2O5/c1-11-6-7-15(14(20)8-11)21-16(23)10-27-17(24)9-22-18(25)12-4-2-3-5-13(12)19(22)26/h6-8,12-13H,2-5,9-10H2,1H3,(H,21,23)/t12-,13-/m1/s1. The third kappa shape index (κ3) is 4.30. The Labute approximate surface area is 162 Å². The molecule has 0 spiro atoms. The quantitative estimate of drug-likeness (QED) is 0.613. The number of anilines is 1. The molecule has 1 N–H and O–H groups in total. The summed E-state index contributed by atoms with van der Waals surface area (Å²) in [5.41, 5.74) is 1.36. The first kappa shape index (κ1) is 19.4. The highest BCUT2D eigenvalue weighted by molar-refractivity contribution is 6.33. The van der Waals surface area contributed by atoms with E-state index in [0.29, 0.717) is 23.6 Å². The number of carbonyl (C=O) groups excluding carboxylic acids is 4. The van der Waals surface area contributed by atoms with E-state index in [1.165, 1.54) is 0 Å². The van der Waals surface area contributed by atoms with E-state index in [2.05, 4.69) is 5.32 Å². The third-order valence-electron chi connectivity index (χ3n) is 4.98. The van der Waals surface area contributed by atoms with Crippen LogP contribution < -0.4 is 5.32 Å². The van der Waals surface area contributed by atoms with E-state index in [1.54, 1.807) is 18.2 Å². The Kier molecular flexibility index (Phi) is 5.79. The molecule has 0 aromatic heterocycles. The number of halogens is 1. The number of likely N-dealkylation sites (tertiary alicyclic amines) is 1. The number of nitrogens with zero attached hydrogens (tertiary/aromatic N) is 1. The largest absolute Gasteiger partial charge is 0.454 e. The van der Waals surface area contributed by atoms with Crippen LogP contribution in [0.3, 0.4) is 0 Å². The number of hydrogen-bond acceptors (Lipinski definition) is 5. The van der Waals surface area contributed by atoms with Gasteiger partial charge in [0, 0.05) is 0 Å². The number of benzene rings is 1. The molecule has 1 aliphatic heterocycles. The third-order valence-corrected chi connectivity index (χ3v) is 5.30. The molecular weight excluding hydrogens is 372 g/mol. The monoisotopic (exact) mass is 392 g/mol. The zero-order valence-corrected chi connectivity index (χ0v) is 15.8. The molecule has 1 heterocycles. The van der Waals surface area contributed by atoms with Crippen molar-refractivity contribution >= 4 is 41.0 Å². The summed E-state index contributed by atoms with van der Waals surface area (Å²) in [6.45, 7) is 0.895. The van der Waals surface area contributed by atoms with E-state index in [0.717, 1.165) is 23.3 Å². The SMILES string of the molecule is Cc1ccc(NC(=O)COC(=O)CN2C(=O)[C@@H]3CCCC[C@H]3C2=O)c(Cl)c1. The summed E-state index contributed by atoms with van der Waals surface area (Å²) >= 11 is 6.04. The molecule has 0 bridgehead atoms. The maximum Gasteiger partial charge on any atom is 0.326 e. The fraction of sp³-hybridized carbons (Fsp3) is 0.474. The highest BCUT2D eigenvalue weighted by atomic mass is 35.5. The smallest absolute Gasteiger partial charge is 0.326 e. The van der Waals surface area contributed by atoms with Crippen molar-refractivity contribution in [2.45, 2.75) is 32.6 Å². The first-order valence-corrected chi connectivity index (χ1v) is 9.31. The second-order valence-corrected chi connectivity index (χ2v) is 7.36. The number of carbonyl (C=O) groups is 4. The number of fused-ring (bicyclic) bond motifs is 1. The van der Waals surface area contributed by atoms with E-state index in [1.807, 2.05) is 6.92 Å². The lowest BCUT2D eigenvalue weighted by atomic mass is 9.81. The molecule has 2 atom stereocenters. The van der Waals surface area contributed by atoms with Gasteiger partial charge in [0.2, 0.25) is 11.8 Å². The van der Waals surface area contributed by atoms with Gasteiger partial charge in [-0.25, -0.2) is 0 Å². The molecule has 1 aliphatic carbocycles. The van der Waals surface area contributed by atoms with Crippen LogP contribution >= 0.6 is 11.6 Å². The van der Waals surface area contributed by atoms with Crippen LogP contribution in [-0.2, 0) is 23.9 Å². The minimum Gasteiger partial charge on any atom is -0.454 e. The van der Waals surface area contributed by atoms with E-state index >= 15 is 0 Å². The minimum absolute atomic E-state index is 0.308. The van der Waals surface area contributed by atoms with Gasteiger partial charge in [-0.15, -0.1) is 0 Å². The summed E-state index contributed by atoms with van der Waals surface area (Å²) in [5.74, 6) is -2.59. The number of rotatable bonds is 5. The molecule has 2 fully saturated rings. The second kappa shape index (κ2) is 8.08. The van der Waals surface area contributed by atoms with E-state index in [9.17, 15) is 19.2 Å². The van der Waals surface area contributed by atoms with Crippen LogP contribution in [-0.4, -0.2) is 41.7 Å². The molecule has 0 radical (unpaired) electrons. The molecule has 1 saturated carbocycles. The van der Waals surface area contributed by atoms with Crippen LogP contribution in [0.2, 0.25) is 5.02 Å². The molecule has 1 aromatic carbocycles. The van der Waals surface area contributed by atoms with Gasteiger partial charge in [0.25, 0.3) is 5.91 Å². The lowest BCUT2D eigenvalue weighted by Gasteiger charge is -2.19. The second-order valence-electron chi connectivity index (χ2n) is 6.95. The van der Waals surface area contributed by atoms with E-state index < -0.39 is 25.0 Å². The van der Waals surface area contributed by atoms with Gasteiger partial charge < -0.3 is 10.1 Å². The van der Waals surface area contributed by atoms with Gasteiger partial charge in [-0.3, -0.25) is 24.1 Å². The van der Waals surface area contributed by atoms with Gasteiger partial charge in [-0.1, -0.05) is 30.5 Å². The Balaban J connectivity index is 1.50. The molecule has 3 amide bonds. The normalized spacial score (nSPS) is 21.8. The zero-order valence-electron chi connectivity index (χ0n) is 15.0. The van der Waals surface area contributed by atoms with Crippen molar-refractivity contribution in [2.75, 3.05) is 18.5 Å². The Morgan fingerprint density at radius 1 is 1.19 bits per heavy atom. The molecule has 8 heteroatoms. The highest BCUT2D eigenvalue weighted by Gasteiger charge is 2.48. The van der Waals surface area contributed by atoms with Crippen molar-refractivity contribution in [1.29, 1.82) is 0 Å². The Bertz CT molecular complexity index is 770. The van der Waals surface area contributed by atoms with Crippen LogP contribution in [0.15, 0.2) is 18.2 Å². The summed E-state index contributed by atoms with van der Waals surface area (Å²) in [6, 6.07) is 5.14. The molecular formula is C19H21ClN2O5. The number of hydrogen-bond donors (Lipinski definition) is 1. The fourth-order valence-electron chi connectivity index (χ4n) is 3.62. The van der Waals surface area contributed by atoms with Crippen LogP contribution in [0.25, 0.3) is 0 Å². The lowest BCUT2D eigenvalue weighted by Crippen LogP contribution is -2.37. The molecule has 1 aromatic rings. The number of aryl methyl sites for hydroxylation is 1. The number of amides is 3. The topological polar surface area (TPSA) is 92.8 Å². The Morgan fingerprint density at radius 3 is 2.41 bits per heavy atom. The van der Waals surface area contributed by atoms with Gasteiger partial charge in [0.05, 0.1) is 22.5 Å². The average Bonchev–Trinajstić information content (AvgIpc) is 2.88. The highest BCUT2D eigenvalue weighted by Crippen LogP contribution is 2.37. The van der Waals surface area contributed by atoms with Gasteiger partial charge in [0.15, 0.2) is 6.61 Å². The van der Waals surface area contributed by atoms with Crippen molar-refractivity contribution in [1.82, 2.24) is 4.90 Å². The molecule has 27 heavy (non-hydrogen) atoms. The number of imide groups is 1. The van der Waals surface area contributed by atoms with Crippen LogP contribution in [0.1, 0.15) is 31.2 Å². The lowest BCUT2D eigenvalue weighted by molar-refractivity contribution is -0.154. The molecule has 2 aliphatic rings.